The first kappa shape index (κ1) is 22.0. The molecule has 0 radical (unpaired) electrons. The van der Waals surface area contributed by atoms with Crippen LogP contribution in [0.3, 0.4) is 0 Å². The minimum atomic E-state index is -0.120. The van der Waals surface area contributed by atoms with Crippen LogP contribution in [0, 0.1) is 11.8 Å². The summed E-state index contributed by atoms with van der Waals surface area (Å²) in [6, 6.07) is 18.9. The van der Waals surface area contributed by atoms with Crippen molar-refractivity contribution in [2.75, 3.05) is 41.3 Å². The van der Waals surface area contributed by atoms with E-state index in [0.29, 0.717) is 25.9 Å². The van der Waals surface area contributed by atoms with Gasteiger partial charge in [-0.2, -0.15) is 0 Å². The summed E-state index contributed by atoms with van der Waals surface area (Å²) in [6.45, 7) is 1.36. The summed E-state index contributed by atoms with van der Waals surface area (Å²) in [5.74, 6) is 0.0754. The van der Waals surface area contributed by atoms with Gasteiger partial charge in [-0.25, -0.2) is 0 Å². The molecule has 0 aliphatic rings. The van der Waals surface area contributed by atoms with Crippen LogP contribution in [0.1, 0.15) is 33.6 Å². The van der Waals surface area contributed by atoms with Gasteiger partial charge in [0, 0.05) is 36.1 Å². The van der Waals surface area contributed by atoms with Gasteiger partial charge < -0.3 is 9.80 Å². The molecular weight excluding hydrogens is 348 g/mol. The van der Waals surface area contributed by atoms with Gasteiger partial charge in [-0.1, -0.05) is 60.7 Å². The summed E-state index contributed by atoms with van der Waals surface area (Å²) in [7, 11) is 7.94. The fourth-order valence-corrected chi connectivity index (χ4v) is 3.57. The molecule has 0 amide bonds. The first-order valence-corrected chi connectivity index (χ1v) is 9.86. The van der Waals surface area contributed by atoms with Gasteiger partial charge >= 0.3 is 0 Å². The number of rotatable bonds is 11. The van der Waals surface area contributed by atoms with Crippen molar-refractivity contribution in [2.45, 2.75) is 12.8 Å². The highest BCUT2D eigenvalue weighted by Gasteiger charge is 2.26. The lowest BCUT2D eigenvalue weighted by Crippen LogP contribution is -2.32. The molecule has 2 rings (SSSR count). The van der Waals surface area contributed by atoms with Crippen molar-refractivity contribution in [1.29, 1.82) is 0 Å². The maximum absolute atomic E-state index is 13.0. The number of ketones is 2. The van der Waals surface area contributed by atoms with Gasteiger partial charge in [-0.05, 0) is 41.0 Å². The Morgan fingerprint density at radius 2 is 0.964 bits per heavy atom. The third-order valence-corrected chi connectivity index (χ3v) is 4.89. The van der Waals surface area contributed by atoms with Crippen LogP contribution in [0.2, 0.25) is 0 Å². The summed E-state index contributed by atoms with van der Waals surface area (Å²) in [6.07, 6.45) is 1.39. The lowest BCUT2D eigenvalue weighted by molar-refractivity contribution is 0.0835. The molecule has 0 heterocycles. The van der Waals surface area contributed by atoms with E-state index in [0.717, 1.165) is 11.1 Å². The molecule has 2 aromatic rings. The van der Waals surface area contributed by atoms with E-state index >= 15 is 0 Å². The molecule has 4 heteroatoms. The fraction of sp³-hybridized carbons (Fsp3) is 0.417. The van der Waals surface area contributed by atoms with Gasteiger partial charge in [0.2, 0.25) is 0 Å². The maximum atomic E-state index is 13.0. The second-order valence-electron chi connectivity index (χ2n) is 7.96. The zero-order chi connectivity index (χ0) is 20.5. The minimum absolute atomic E-state index is 0.120. The van der Waals surface area contributed by atoms with E-state index in [9.17, 15) is 9.59 Å². The number of Topliss-reactive ketones (excluding diaryl/α,β-unsaturated/α-hetero) is 2. The quantitative estimate of drug-likeness (QED) is 0.555. The van der Waals surface area contributed by atoms with Crippen LogP contribution in [0.15, 0.2) is 60.7 Å². The summed E-state index contributed by atoms with van der Waals surface area (Å²) in [5, 5.41) is 0. The molecule has 0 aliphatic heterocycles. The molecule has 4 nitrogen and oxygen atoms in total. The second kappa shape index (κ2) is 10.9. The number of hydrogen-bond donors (Lipinski definition) is 0. The number of benzene rings is 2. The second-order valence-corrected chi connectivity index (χ2v) is 7.96. The first-order chi connectivity index (χ1) is 13.4. The van der Waals surface area contributed by atoms with Crippen molar-refractivity contribution in [3.8, 4) is 0 Å². The van der Waals surface area contributed by atoms with E-state index in [1.165, 1.54) is 0 Å². The van der Waals surface area contributed by atoms with Gasteiger partial charge in [0.25, 0.3) is 0 Å². The molecular formula is C24H32N2O2. The van der Waals surface area contributed by atoms with Gasteiger partial charge in [-0.15, -0.1) is 0 Å². The van der Waals surface area contributed by atoms with Crippen LogP contribution in [-0.2, 0) is 0 Å². The number of carbonyl (C=O) groups is 2. The minimum Gasteiger partial charge on any atom is -0.309 e. The van der Waals surface area contributed by atoms with Crippen molar-refractivity contribution in [1.82, 2.24) is 9.80 Å². The molecule has 0 spiro atoms. The van der Waals surface area contributed by atoms with Crippen molar-refractivity contribution in [3.05, 3.63) is 71.8 Å². The normalized spacial score (nSPS) is 13.5. The molecule has 28 heavy (non-hydrogen) atoms. The van der Waals surface area contributed by atoms with Crippen LogP contribution in [0.25, 0.3) is 0 Å². The molecule has 0 saturated heterocycles. The van der Waals surface area contributed by atoms with Crippen molar-refractivity contribution < 1.29 is 9.59 Å². The standard InChI is InChI=1S/C24H32N2O2/c1-25(2)17-21(23(27)19-11-7-5-8-12-19)15-16-22(18-26(3)4)24(28)20-13-9-6-10-14-20/h5-14,21-22H,15-18H2,1-4H3/t21-,22-/m1/s1. The van der Waals surface area contributed by atoms with Crippen molar-refractivity contribution >= 4 is 11.6 Å². The zero-order valence-corrected chi connectivity index (χ0v) is 17.5. The molecule has 150 valence electrons. The average molecular weight is 381 g/mol. The molecule has 2 atom stereocenters. The van der Waals surface area contributed by atoms with Crippen LogP contribution in [0.5, 0.6) is 0 Å². The topological polar surface area (TPSA) is 40.6 Å². The smallest absolute Gasteiger partial charge is 0.167 e. The van der Waals surface area contributed by atoms with Crippen molar-refractivity contribution in [2.24, 2.45) is 11.8 Å². The Bertz CT molecular complexity index is 676. The Morgan fingerprint density at radius 1 is 0.643 bits per heavy atom. The molecule has 0 unspecified atom stereocenters. The Labute approximate surface area is 169 Å². The third kappa shape index (κ3) is 6.70. The van der Waals surface area contributed by atoms with Gasteiger partial charge in [0.05, 0.1) is 0 Å². The maximum Gasteiger partial charge on any atom is 0.167 e. The number of nitrogens with zero attached hydrogens (tertiary/aromatic N) is 2. The lowest BCUT2D eigenvalue weighted by Gasteiger charge is -2.24. The van der Waals surface area contributed by atoms with E-state index < -0.39 is 0 Å². The van der Waals surface area contributed by atoms with E-state index in [2.05, 4.69) is 0 Å². The monoisotopic (exact) mass is 380 g/mol. The highest BCUT2D eigenvalue weighted by atomic mass is 16.1. The molecule has 0 aromatic heterocycles. The van der Waals surface area contributed by atoms with Gasteiger partial charge in [0.15, 0.2) is 11.6 Å². The highest BCUT2D eigenvalue weighted by Crippen LogP contribution is 2.22. The average Bonchev–Trinajstić information content (AvgIpc) is 2.69. The Kier molecular flexibility index (Phi) is 8.55. The molecule has 2 aromatic carbocycles. The predicted molar refractivity (Wildman–Crippen MR) is 115 cm³/mol. The third-order valence-electron chi connectivity index (χ3n) is 4.89. The summed E-state index contributed by atoms with van der Waals surface area (Å²) in [5.41, 5.74) is 1.49. The predicted octanol–water partition coefficient (Wildman–Crippen LogP) is 3.89. The van der Waals surface area contributed by atoms with E-state index in [1.807, 2.05) is 98.7 Å². The molecule has 0 saturated carbocycles. The fourth-order valence-electron chi connectivity index (χ4n) is 3.57. The van der Waals surface area contributed by atoms with Crippen molar-refractivity contribution in [3.63, 3.8) is 0 Å². The summed E-state index contributed by atoms with van der Waals surface area (Å²) < 4.78 is 0. The molecule has 0 N–H and O–H groups in total. The Hall–Kier alpha value is -2.30. The highest BCUT2D eigenvalue weighted by molar-refractivity contribution is 5.99. The molecule has 0 aliphatic carbocycles. The SMILES string of the molecule is CN(C)C[C@@H](CC[C@H](CN(C)C)C(=O)c1ccccc1)C(=O)c1ccccc1. The van der Waals surface area contributed by atoms with Gasteiger partial charge in [0.1, 0.15) is 0 Å². The summed E-state index contributed by atoms with van der Waals surface area (Å²) >= 11 is 0. The molecule has 0 fully saturated rings. The first-order valence-electron chi connectivity index (χ1n) is 9.86. The zero-order valence-electron chi connectivity index (χ0n) is 17.5. The lowest BCUT2D eigenvalue weighted by atomic mass is 9.86. The van der Waals surface area contributed by atoms with Crippen LogP contribution >= 0.6 is 0 Å². The van der Waals surface area contributed by atoms with E-state index in [-0.39, 0.29) is 23.4 Å². The number of carbonyl (C=O) groups excluding carboxylic acids is 2. The number of hydrogen-bond acceptors (Lipinski definition) is 4. The Balaban J connectivity index is 2.14. The van der Waals surface area contributed by atoms with Crippen LogP contribution in [-0.4, -0.2) is 62.6 Å². The summed E-state index contributed by atoms with van der Waals surface area (Å²) in [4.78, 5) is 30.2. The van der Waals surface area contributed by atoms with Crippen LogP contribution < -0.4 is 0 Å². The van der Waals surface area contributed by atoms with E-state index in [4.69, 9.17) is 0 Å². The molecule has 0 bridgehead atoms. The van der Waals surface area contributed by atoms with Crippen LogP contribution in [0.4, 0.5) is 0 Å². The van der Waals surface area contributed by atoms with E-state index in [1.54, 1.807) is 0 Å². The largest absolute Gasteiger partial charge is 0.309 e. The Morgan fingerprint density at radius 3 is 1.25 bits per heavy atom. The van der Waals surface area contributed by atoms with Gasteiger partial charge in [-0.3, -0.25) is 9.59 Å².